The first kappa shape index (κ1) is 44.2. The molecule has 0 bridgehead atoms. The Bertz CT molecular complexity index is 1740. The number of hydrogen-bond donors (Lipinski definition) is 0. The first-order valence-corrected chi connectivity index (χ1v) is 27.5. The van der Waals surface area contributed by atoms with Crippen LogP contribution < -0.4 is 0 Å². The van der Waals surface area contributed by atoms with E-state index in [1.165, 1.54) is 78.9 Å². The predicted octanol–water partition coefficient (Wildman–Crippen LogP) is 16.0. The third-order valence-electron chi connectivity index (χ3n) is 9.66. The van der Waals surface area contributed by atoms with Gasteiger partial charge in [-0.05, 0) is 60.5 Å². The van der Waals surface area contributed by atoms with E-state index in [4.69, 9.17) is 17.0 Å². The molecule has 6 rings (SSSR count). The Morgan fingerprint density at radius 2 is 0.885 bits per heavy atom. The van der Waals surface area contributed by atoms with E-state index in [9.17, 15) is 0 Å². The molecule has 0 aliphatic carbocycles. The van der Waals surface area contributed by atoms with E-state index in [-0.39, 0.29) is 0 Å². The van der Waals surface area contributed by atoms with Gasteiger partial charge in [-0.2, -0.15) is 12.1 Å². The number of rotatable bonds is 10. The van der Waals surface area contributed by atoms with Crippen LogP contribution in [0.5, 0.6) is 0 Å². The van der Waals surface area contributed by atoms with Crippen molar-refractivity contribution in [1.82, 2.24) is 0 Å². The fourth-order valence-electron chi connectivity index (χ4n) is 7.01. The van der Waals surface area contributed by atoms with Crippen LogP contribution in [0.2, 0.25) is 13.1 Å². The number of benzene rings is 4. The second-order valence-corrected chi connectivity index (χ2v) is 19.6. The third kappa shape index (κ3) is 12.4. The predicted molar refractivity (Wildman–Crippen MR) is 234 cm³/mol. The zero-order valence-electron chi connectivity index (χ0n) is 33.3. The fourth-order valence-corrected chi connectivity index (χ4v) is 7.01. The minimum absolute atomic E-state index is 0.582. The number of halogens is 2. The second-order valence-electron chi connectivity index (χ2n) is 14.9. The van der Waals surface area contributed by atoms with Crippen molar-refractivity contribution in [2.45, 2.75) is 106 Å². The quantitative estimate of drug-likeness (QED) is 0.0953. The Hall–Kier alpha value is -2.22. The summed E-state index contributed by atoms with van der Waals surface area (Å²) in [5, 5.41) is 5.60. The summed E-state index contributed by atoms with van der Waals surface area (Å²) in [5.41, 5.74) is 11.5. The van der Waals surface area contributed by atoms with E-state index in [1.54, 1.807) is 0 Å². The van der Waals surface area contributed by atoms with E-state index >= 15 is 0 Å². The third-order valence-corrected chi connectivity index (χ3v) is 9.66. The Morgan fingerprint density at radius 1 is 0.558 bits per heavy atom. The summed E-state index contributed by atoms with van der Waals surface area (Å²) in [6.07, 6.45) is 4.65. The second kappa shape index (κ2) is 22.9. The molecule has 0 heterocycles. The fraction of sp³-hybridized carbons (Fsp3) is 0.375. The molecule has 0 aromatic heterocycles. The maximum absolute atomic E-state index is 4.93. The van der Waals surface area contributed by atoms with Crippen molar-refractivity contribution in [2.75, 3.05) is 0 Å². The molecule has 0 saturated heterocycles. The molecule has 274 valence electrons. The van der Waals surface area contributed by atoms with Crippen molar-refractivity contribution in [3.8, 4) is 22.3 Å². The van der Waals surface area contributed by atoms with Gasteiger partial charge in [-0.25, -0.2) is 0 Å². The average molecular weight is 827 g/mol. The van der Waals surface area contributed by atoms with Crippen LogP contribution >= 0.6 is 17.0 Å². The van der Waals surface area contributed by atoms with Crippen LogP contribution in [0.4, 0.5) is 0 Å². The summed E-state index contributed by atoms with van der Waals surface area (Å²) in [5.74, 6) is 2.55. The molecule has 52 heavy (non-hydrogen) atoms. The van der Waals surface area contributed by atoms with Gasteiger partial charge in [0.2, 0.25) is 0 Å². The molecule has 6 aromatic rings. The van der Waals surface area contributed by atoms with Crippen molar-refractivity contribution in [3.05, 3.63) is 131 Å². The Morgan fingerprint density at radius 3 is 1.17 bits per heavy atom. The van der Waals surface area contributed by atoms with Crippen LogP contribution in [0.1, 0.15) is 102 Å². The zero-order valence-corrected chi connectivity index (χ0v) is 38.3. The molecule has 0 amide bonds. The van der Waals surface area contributed by atoms with Gasteiger partial charge in [-0.1, -0.05) is 151 Å². The van der Waals surface area contributed by atoms with Crippen molar-refractivity contribution < 1.29 is 20.8 Å². The van der Waals surface area contributed by atoms with Gasteiger partial charge >= 0.3 is 37.9 Å². The Kier molecular flexibility index (Phi) is 19.4. The van der Waals surface area contributed by atoms with Gasteiger partial charge in [0.05, 0.1) is 0 Å². The first-order chi connectivity index (χ1) is 25.0. The summed E-state index contributed by atoms with van der Waals surface area (Å²) >= 11 is -0.826. The van der Waals surface area contributed by atoms with E-state index in [1.807, 2.05) is 0 Å². The molecule has 0 nitrogen and oxygen atoms in total. The molecule has 0 spiro atoms. The molecular formula is C48H60Cl2SiZr. The number of fused-ring (bicyclic) bond motifs is 2. The van der Waals surface area contributed by atoms with E-state index in [0.717, 1.165) is 22.4 Å². The summed E-state index contributed by atoms with van der Waals surface area (Å²) in [4.78, 5) is 0. The van der Waals surface area contributed by atoms with Crippen molar-refractivity contribution in [2.24, 2.45) is 11.8 Å². The van der Waals surface area contributed by atoms with Gasteiger partial charge < -0.3 is 0 Å². The van der Waals surface area contributed by atoms with Gasteiger partial charge in [-0.15, -0.1) is 69.1 Å². The molecule has 0 aliphatic heterocycles. The van der Waals surface area contributed by atoms with Crippen LogP contribution in [-0.2, 0) is 33.7 Å². The van der Waals surface area contributed by atoms with Crippen LogP contribution in [0, 0.1) is 11.8 Å². The normalized spacial score (nSPS) is 12.0. The SMILES string of the molecule is CCC(C)c1ccc2[cH-]c(CC(C)C)cc2c1-c1ccccc1.CCC(C)c1ccc2[cH-]c(CC(C)C)cc2c1-c1ccccc1.C[Si]C.[Cl][Zr+2][Cl]. The maximum atomic E-state index is 4.93. The topological polar surface area (TPSA) is 0 Å². The van der Waals surface area contributed by atoms with E-state index in [0.29, 0.717) is 23.7 Å². The van der Waals surface area contributed by atoms with Gasteiger partial charge in [0.1, 0.15) is 0 Å². The summed E-state index contributed by atoms with van der Waals surface area (Å²) < 4.78 is 0. The van der Waals surface area contributed by atoms with Crippen LogP contribution in [0.3, 0.4) is 0 Å². The summed E-state index contributed by atoms with van der Waals surface area (Å²) in [6.45, 7) is 22.7. The molecule has 2 radical (unpaired) electrons. The van der Waals surface area contributed by atoms with Crippen LogP contribution in [0.25, 0.3) is 43.8 Å². The first-order valence-electron chi connectivity index (χ1n) is 19.1. The summed E-state index contributed by atoms with van der Waals surface area (Å²) in [7, 11) is 11.0. The van der Waals surface area contributed by atoms with E-state index in [2.05, 4.69) is 178 Å². The van der Waals surface area contributed by atoms with Gasteiger partial charge in [0.25, 0.3) is 0 Å². The minimum atomic E-state index is -0.826. The standard InChI is InChI=1S/2C23H27.C2H6Si.2ClH.Zr/c2*1-5-17(4)21-12-11-20-14-18(13-16(2)3)15-22(20)23(21)19-9-7-6-8-10-19;1-3-2;;;/h2*6-12,14-17H,5,13H2,1-4H3;1-2H3;2*1H;/q2*-1;;;;+4/p-2. The van der Waals surface area contributed by atoms with Crippen LogP contribution in [-0.4, -0.2) is 9.52 Å². The molecule has 2 atom stereocenters. The molecule has 0 saturated carbocycles. The molecule has 0 fully saturated rings. The Labute approximate surface area is 338 Å². The zero-order chi connectivity index (χ0) is 38.2. The van der Waals surface area contributed by atoms with Crippen LogP contribution in [0.15, 0.2) is 109 Å². The van der Waals surface area contributed by atoms with Crippen molar-refractivity contribution >= 4 is 48.1 Å². The monoisotopic (exact) mass is 824 g/mol. The molecule has 0 aliphatic rings. The van der Waals surface area contributed by atoms with Crippen molar-refractivity contribution in [3.63, 3.8) is 0 Å². The van der Waals surface area contributed by atoms with Gasteiger partial charge in [0, 0.05) is 9.52 Å². The average Bonchev–Trinajstić information content (AvgIpc) is 3.74. The van der Waals surface area contributed by atoms with E-state index < -0.39 is 20.8 Å². The molecular weight excluding hydrogens is 767 g/mol. The molecule has 4 heteroatoms. The molecule has 2 unspecified atom stereocenters. The Balaban J connectivity index is 0.000000244. The van der Waals surface area contributed by atoms with Gasteiger partial charge in [-0.3, -0.25) is 0 Å². The molecule has 0 N–H and O–H groups in total. The van der Waals surface area contributed by atoms with Gasteiger partial charge in [0.15, 0.2) is 0 Å². The number of hydrogen-bond acceptors (Lipinski definition) is 0. The molecule has 6 aromatic carbocycles. The van der Waals surface area contributed by atoms with Crippen molar-refractivity contribution in [1.29, 1.82) is 0 Å². The summed E-state index contributed by atoms with van der Waals surface area (Å²) in [6, 6.07) is 40.7.